The van der Waals surface area contributed by atoms with E-state index in [0.29, 0.717) is 18.8 Å². The van der Waals surface area contributed by atoms with Crippen LogP contribution in [-0.4, -0.2) is 33.0 Å². The van der Waals surface area contributed by atoms with Gasteiger partial charge in [0, 0.05) is 13.5 Å². The molecule has 0 saturated heterocycles. The lowest BCUT2D eigenvalue weighted by Gasteiger charge is -2.14. The van der Waals surface area contributed by atoms with Crippen molar-refractivity contribution >= 4 is 5.91 Å². The largest absolute Gasteiger partial charge is 0.338 e. The molecule has 0 bridgehead atoms. The first-order chi connectivity index (χ1) is 6.63. The molecule has 0 aliphatic rings. The second-order valence-electron chi connectivity index (χ2n) is 3.34. The molecule has 1 rings (SSSR count). The van der Waals surface area contributed by atoms with Crippen molar-refractivity contribution < 1.29 is 4.79 Å². The summed E-state index contributed by atoms with van der Waals surface area (Å²) in [6.45, 7) is 4.30. The number of rotatable bonds is 4. The monoisotopic (exact) mass is 196 g/mol. The first-order valence-corrected chi connectivity index (χ1v) is 4.75. The number of hydrogen-bond acceptors (Lipinski definition) is 3. The van der Waals surface area contributed by atoms with Crippen LogP contribution in [0.2, 0.25) is 0 Å². The zero-order valence-electron chi connectivity index (χ0n) is 8.87. The fourth-order valence-corrected chi connectivity index (χ4v) is 1.16. The molecule has 0 aliphatic heterocycles. The third-order valence-corrected chi connectivity index (χ3v) is 1.91. The van der Waals surface area contributed by atoms with Crippen LogP contribution >= 0.6 is 0 Å². The number of nitrogens with one attached hydrogen (secondary N) is 1. The van der Waals surface area contributed by atoms with E-state index in [0.717, 1.165) is 12.2 Å². The number of carbonyl (C=O) groups excluding carboxylic acids is 1. The maximum Gasteiger partial charge on any atom is 0.222 e. The van der Waals surface area contributed by atoms with Crippen molar-refractivity contribution in [2.75, 3.05) is 7.05 Å². The van der Waals surface area contributed by atoms with E-state index in [-0.39, 0.29) is 5.91 Å². The molecule has 0 saturated carbocycles. The predicted molar refractivity (Wildman–Crippen MR) is 52.5 cm³/mol. The summed E-state index contributed by atoms with van der Waals surface area (Å²) < 4.78 is 0. The van der Waals surface area contributed by atoms with Gasteiger partial charge >= 0.3 is 0 Å². The average Bonchev–Trinajstić information content (AvgIpc) is 2.51. The average molecular weight is 196 g/mol. The van der Waals surface area contributed by atoms with Gasteiger partial charge in [0.15, 0.2) is 5.82 Å². The van der Waals surface area contributed by atoms with Gasteiger partial charge in [-0.25, -0.2) is 4.98 Å². The third kappa shape index (κ3) is 2.83. The van der Waals surface area contributed by atoms with Crippen LogP contribution in [0.4, 0.5) is 0 Å². The second kappa shape index (κ2) is 4.74. The molecule has 1 N–H and O–H groups in total. The van der Waals surface area contributed by atoms with Crippen molar-refractivity contribution in [1.29, 1.82) is 0 Å². The lowest BCUT2D eigenvalue weighted by molar-refractivity contribution is -0.130. The Morgan fingerprint density at radius 1 is 1.57 bits per heavy atom. The van der Waals surface area contributed by atoms with Gasteiger partial charge in [0.1, 0.15) is 5.82 Å². The maximum atomic E-state index is 11.4. The summed E-state index contributed by atoms with van der Waals surface area (Å²) in [6, 6.07) is 0. The zero-order valence-corrected chi connectivity index (χ0v) is 8.87. The summed E-state index contributed by atoms with van der Waals surface area (Å²) in [6.07, 6.45) is 1.45. The highest BCUT2D eigenvalue weighted by Gasteiger charge is 2.10. The predicted octanol–water partition coefficient (Wildman–Crippen LogP) is 0.872. The highest BCUT2D eigenvalue weighted by atomic mass is 16.2. The van der Waals surface area contributed by atoms with Gasteiger partial charge < -0.3 is 4.90 Å². The van der Waals surface area contributed by atoms with Gasteiger partial charge in [-0.1, -0.05) is 6.92 Å². The van der Waals surface area contributed by atoms with E-state index in [1.165, 1.54) is 0 Å². The lowest BCUT2D eigenvalue weighted by Crippen LogP contribution is -2.26. The van der Waals surface area contributed by atoms with Gasteiger partial charge in [0.25, 0.3) is 0 Å². The first-order valence-electron chi connectivity index (χ1n) is 4.75. The Bertz CT molecular complexity index is 308. The van der Waals surface area contributed by atoms with E-state index in [1.54, 1.807) is 11.9 Å². The van der Waals surface area contributed by atoms with Crippen LogP contribution < -0.4 is 0 Å². The molecule has 14 heavy (non-hydrogen) atoms. The SMILES string of the molecule is CCCC(=O)N(C)Cc1n[nH]c(C)n1. The summed E-state index contributed by atoms with van der Waals surface area (Å²) in [5.74, 6) is 1.57. The van der Waals surface area contributed by atoms with Crippen LogP contribution in [0.3, 0.4) is 0 Å². The molecule has 0 aliphatic carbocycles. The Kier molecular flexibility index (Phi) is 3.62. The minimum atomic E-state index is 0.134. The summed E-state index contributed by atoms with van der Waals surface area (Å²) in [4.78, 5) is 17.2. The van der Waals surface area contributed by atoms with Crippen molar-refractivity contribution in [2.45, 2.75) is 33.2 Å². The highest BCUT2D eigenvalue weighted by Crippen LogP contribution is 2.00. The molecule has 5 heteroatoms. The van der Waals surface area contributed by atoms with E-state index < -0.39 is 0 Å². The molecule has 0 fully saturated rings. The Morgan fingerprint density at radius 2 is 2.29 bits per heavy atom. The van der Waals surface area contributed by atoms with Gasteiger partial charge in [-0.2, -0.15) is 5.10 Å². The Labute approximate surface area is 83.5 Å². The standard InChI is InChI=1S/C9H16N4O/c1-4-5-9(14)13(3)6-8-10-7(2)11-12-8/h4-6H2,1-3H3,(H,10,11,12). The van der Waals surface area contributed by atoms with Crippen molar-refractivity contribution in [3.05, 3.63) is 11.6 Å². The number of carbonyl (C=O) groups is 1. The number of amides is 1. The van der Waals surface area contributed by atoms with E-state index >= 15 is 0 Å². The molecule has 1 aromatic heterocycles. The van der Waals surface area contributed by atoms with Gasteiger partial charge in [-0.15, -0.1) is 0 Å². The summed E-state index contributed by atoms with van der Waals surface area (Å²) in [7, 11) is 1.77. The molecule has 0 radical (unpaired) electrons. The van der Waals surface area contributed by atoms with E-state index in [1.807, 2.05) is 13.8 Å². The smallest absolute Gasteiger partial charge is 0.222 e. The minimum absolute atomic E-state index is 0.134. The van der Waals surface area contributed by atoms with Crippen molar-refractivity contribution in [3.63, 3.8) is 0 Å². The number of aryl methyl sites for hydroxylation is 1. The fraction of sp³-hybridized carbons (Fsp3) is 0.667. The number of H-pyrrole nitrogens is 1. The topological polar surface area (TPSA) is 61.9 Å². The van der Waals surface area contributed by atoms with Crippen molar-refractivity contribution in [3.8, 4) is 0 Å². The third-order valence-electron chi connectivity index (χ3n) is 1.91. The van der Waals surface area contributed by atoms with E-state index in [2.05, 4.69) is 15.2 Å². The number of hydrogen-bond donors (Lipinski definition) is 1. The molecule has 0 spiro atoms. The minimum Gasteiger partial charge on any atom is -0.338 e. The molecule has 1 amide bonds. The van der Waals surface area contributed by atoms with Crippen LogP contribution in [0.15, 0.2) is 0 Å². The highest BCUT2D eigenvalue weighted by molar-refractivity contribution is 5.75. The van der Waals surface area contributed by atoms with E-state index in [4.69, 9.17) is 0 Å². The summed E-state index contributed by atoms with van der Waals surface area (Å²) in [5.41, 5.74) is 0. The molecule has 0 unspecified atom stereocenters. The van der Waals surface area contributed by atoms with Crippen LogP contribution in [0.25, 0.3) is 0 Å². The molecular weight excluding hydrogens is 180 g/mol. The fourth-order valence-electron chi connectivity index (χ4n) is 1.16. The Balaban J connectivity index is 2.48. The van der Waals surface area contributed by atoms with Crippen LogP contribution in [0.1, 0.15) is 31.4 Å². The molecule has 1 heterocycles. The molecule has 5 nitrogen and oxygen atoms in total. The second-order valence-corrected chi connectivity index (χ2v) is 3.34. The van der Waals surface area contributed by atoms with Crippen LogP contribution in [0.5, 0.6) is 0 Å². The van der Waals surface area contributed by atoms with Gasteiger partial charge in [-0.3, -0.25) is 9.89 Å². The Morgan fingerprint density at radius 3 is 2.79 bits per heavy atom. The molecule has 0 atom stereocenters. The molecule has 1 aromatic rings. The Hall–Kier alpha value is -1.39. The quantitative estimate of drug-likeness (QED) is 0.777. The lowest BCUT2D eigenvalue weighted by atomic mass is 10.3. The number of aromatic nitrogens is 3. The summed E-state index contributed by atoms with van der Waals surface area (Å²) >= 11 is 0. The molecular formula is C9H16N4O. The van der Waals surface area contributed by atoms with Crippen molar-refractivity contribution in [1.82, 2.24) is 20.1 Å². The van der Waals surface area contributed by atoms with Crippen LogP contribution in [-0.2, 0) is 11.3 Å². The molecule has 78 valence electrons. The first kappa shape index (κ1) is 10.7. The van der Waals surface area contributed by atoms with Crippen LogP contribution in [0, 0.1) is 6.92 Å². The van der Waals surface area contributed by atoms with Crippen molar-refractivity contribution in [2.24, 2.45) is 0 Å². The van der Waals surface area contributed by atoms with Gasteiger partial charge in [0.2, 0.25) is 5.91 Å². The van der Waals surface area contributed by atoms with Gasteiger partial charge in [-0.05, 0) is 13.3 Å². The summed E-state index contributed by atoms with van der Waals surface area (Å²) in [5, 5.41) is 6.71. The van der Waals surface area contributed by atoms with E-state index in [9.17, 15) is 4.79 Å². The maximum absolute atomic E-state index is 11.4. The van der Waals surface area contributed by atoms with Gasteiger partial charge in [0.05, 0.1) is 6.54 Å². The normalized spacial score (nSPS) is 10.2. The number of aromatic amines is 1. The zero-order chi connectivity index (χ0) is 10.6. The number of nitrogens with zero attached hydrogens (tertiary/aromatic N) is 3. The molecule has 0 aromatic carbocycles.